The number of hydrogen-bond donors (Lipinski definition) is 2. The van der Waals surface area contributed by atoms with Gasteiger partial charge < -0.3 is 10.1 Å². The van der Waals surface area contributed by atoms with Gasteiger partial charge in [-0.1, -0.05) is 65.1 Å². The Morgan fingerprint density at radius 3 is 2.17 bits per heavy atom. The topological polar surface area (TPSA) is 79.8 Å². The van der Waals surface area contributed by atoms with Crippen LogP contribution in [0, 0.1) is 13.8 Å². The van der Waals surface area contributed by atoms with E-state index in [0.717, 1.165) is 16.7 Å². The minimum atomic E-state index is -2.04. The van der Waals surface area contributed by atoms with Crippen LogP contribution in [0.2, 0.25) is 0 Å². The zero-order valence-corrected chi connectivity index (χ0v) is 18.3. The molecule has 0 aliphatic heterocycles. The largest absolute Gasteiger partial charge is 0.483 e. The van der Waals surface area contributed by atoms with Crippen molar-refractivity contribution in [1.29, 1.82) is 0 Å². The summed E-state index contributed by atoms with van der Waals surface area (Å²) in [6, 6.07) is 12.5. The molecule has 29 heavy (non-hydrogen) atoms. The number of ether oxygens (including phenoxy) is 1. The Balaban J connectivity index is 1.92. The van der Waals surface area contributed by atoms with E-state index in [1.807, 2.05) is 32.0 Å². The van der Waals surface area contributed by atoms with Crippen molar-refractivity contribution in [3.05, 3.63) is 59.2 Å². The molecule has 2 amide bonds. The Hall–Kier alpha value is -2.28. The Labute approximate surface area is 184 Å². The maximum absolute atomic E-state index is 12.0. The van der Waals surface area contributed by atoms with Gasteiger partial charge in [0.05, 0.1) is 5.71 Å². The zero-order valence-electron chi connectivity index (χ0n) is 16.1. The summed E-state index contributed by atoms with van der Waals surface area (Å²) in [6.45, 7) is 5.43. The van der Waals surface area contributed by atoms with Gasteiger partial charge in [-0.05, 0) is 49.6 Å². The van der Waals surface area contributed by atoms with E-state index in [4.69, 9.17) is 39.5 Å². The van der Waals surface area contributed by atoms with E-state index >= 15 is 0 Å². The number of carbonyl (C=O) groups excluding carboxylic acids is 2. The summed E-state index contributed by atoms with van der Waals surface area (Å²) in [5.74, 6) is -0.439. The number of hydrogen-bond acceptors (Lipinski definition) is 4. The first kappa shape index (κ1) is 23.0. The standard InChI is InChI=1S/C20H20Cl3N3O3/c1-12-5-4-6-13(2)18(12)29-11-17(27)26-25-14(3)15-7-9-16(10-8-15)24-19(28)20(21,22)23/h4-10H,11H2,1-3H3,(H,24,28)(H,26,27)/b25-14-. The van der Waals surface area contributed by atoms with Crippen LogP contribution in [0.4, 0.5) is 5.69 Å². The molecule has 0 saturated carbocycles. The molecule has 0 fully saturated rings. The maximum atomic E-state index is 12.0. The summed E-state index contributed by atoms with van der Waals surface area (Å²) in [6.07, 6.45) is 0. The van der Waals surface area contributed by atoms with E-state index in [-0.39, 0.29) is 12.5 Å². The molecule has 2 rings (SSSR count). The fourth-order valence-corrected chi connectivity index (χ4v) is 2.55. The van der Waals surface area contributed by atoms with Crippen molar-refractivity contribution < 1.29 is 14.3 Å². The van der Waals surface area contributed by atoms with E-state index in [1.165, 1.54) is 0 Å². The van der Waals surface area contributed by atoms with Crippen molar-refractivity contribution in [3.8, 4) is 5.75 Å². The third-order valence-electron chi connectivity index (χ3n) is 3.92. The number of aryl methyl sites for hydroxylation is 2. The number of carbonyl (C=O) groups is 2. The molecule has 0 radical (unpaired) electrons. The first-order valence-corrected chi connectivity index (χ1v) is 9.72. The second-order valence-electron chi connectivity index (χ2n) is 6.27. The third kappa shape index (κ3) is 6.92. The molecule has 6 nitrogen and oxygen atoms in total. The predicted octanol–water partition coefficient (Wildman–Crippen LogP) is 4.53. The van der Waals surface area contributed by atoms with Crippen LogP contribution in [0.25, 0.3) is 0 Å². The van der Waals surface area contributed by atoms with Gasteiger partial charge in [0, 0.05) is 5.69 Å². The molecule has 0 bridgehead atoms. The quantitative estimate of drug-likeness (QED) is 0.381. The van der Waals surface area contributed by atoms with Gasteiger partial charge in [-0.3, -0.25) is 9.59 Å². The summed E-state index contributed by atoms with van der Waals surface area (Å²) in [5.41, 5.74) is 6.15. The van der Waals surface area contributed by atoms with Crippen LogP contribution in [0.15, 0.2) is 47.6 Å². The number of halogens is 3. The summed E-state index contributed by atoms with van der Waals surface area (Å²) >= 11 is 16.6. The molecule has 2 aromatic rings. The van der Waals surface area contributed by atoms with E-state index in [1.54, 1.807) is 31.2 Å². The lowest BCUT2D eigenvalue weighted by Crippen LogP contribution is -2.27. The number of amides is 2. The first-order chi connectivity index (χ1) is 13.6. The number of alkyl halides is 3. The SMILES string of the molecule is C/C(=N/NC(=O)COc1c(C)cccc1C)c1ccc(NC(=O)C(Cl)(Cl)Cl)cc1. The average Bonchev–Trinajstić information content (AvgIpc) is 2.65. The van der Waals surface area contributed by atoms with Gasteiger partial charge >= 0.3 is 0 Å². The number of anilines is 1. The summed E-state index contributed by atoms with van der Waals surface area (Å²) in [4.78, 5) is 23.7. The van der Waals surface area contributed by atoms with Crippen molar-refractivity contribution in [2.75, 3.05) is 11.9 Å². The molecule has 0 saturated heterocycles. The lowest BCUT2D eigenvalue weighted by Gasteiger charge is -2.12. The molecule has 9 heteroatoms. The Kier molecular flexibility index (Phi) is 7.90. The Morgan fingerprint density at radius 1 is 1.03 bits per heavy atom. The van der Waals surface area contributed by atoms with Crippen LogP contribution in [-0.4, -0.2) is 27.9 Å². The molecule has 0 unspecified atom stereocenters. The monoisotopic (exact) mass is 455 g/mol. The van der Waals surface area contributed by atoms with Crippen LogP contribution in [0.1, 0.15) is 23.6 Å². The van der Waals surface area contributed by atoms with Gasteiger partial charge in [-0.2, -0.15) is 5.10 Å². The molecule has 2 aromatic carbocycles. The molecule has 0 aromatic heterocycles. The maximum Gasteiger partial charge on any atom is 0.277 e. The van der Waals surface area contributed by atoms with Crippen LogP contribution in [-0.2, 0) is 9.59 Å². The molecule has 0 spiro atoms. The smallest absolute Gasteiger partial charge is 0.277 e. The van der Waals surface area contributed by atoms with E-state index < -0.39 is 9.70 Å². The fourth-order valence-electron chi connectivity index (χ4n) is 2.40. The molecule has 0 aliphatic carbocycles. The zero-order chi connectivity index (χ0) is 21.6. The van der Waals surface area contributed by atoms with Gasteiger partial charge in [0.2, 0.25) is 0 Å². The number of hydrazone groups is 1. The summed E-state index contributed by atoms with van der Waals surface area (Å²) in [5, 5.41) is 6.55. The van der Waals surface area contributed by atoms with Crippen LogP contribution in [0.3, 0.4) is 0 Å². The Bertz CT molecular complexity index is 903. The first-order valence-electron chi connectivity index (χ1n) is 8.58. The fraction of sp³-hybridized carbons (Fsp3) is 0.250. The van der Waals surface area contributed by atoms with E-state index in [9.17, 15) is 9.59 Å². The van der Waals surface area contributed by atoms with Crippen molar-refractivity contribution in [3.63, 3.8) is 0 Å². The van der Waals surface area contributed by atoms with Gasteiger partial charge in [-0.25, -0.2) is 5.43 Å². The Morgan fingerprint density at radius 2 is 1.62 bits per heavy atom. The number of para-hydroxylation sites is 1. The van der Waals surface area contributed by atoms with Gasteiger partial charge in [0.15, 0.2) is 6.61 Å². The predicted molar refractivity (Wildman–Crippen MR) is 117 cm³/mol. The highest BCUT2D eigenvalue weighted by Crippen LogP contribution is 2.27. The minimum absolute atomic E-state index is 0.148. The molecule has 2 N–H and O–H groups in total. The highest BCUT2D eigenvalue weighted by Gasteiger charge is 2.30. The van der Waals surface area contributed by atoms with E-state index in [0.29, 0.717) is 17.1 Å². The van der Waals surface area contributed by atoms with Gasteiger partial charge in [-0.15, -0.1) is 0 Å². The normalized spacial score (nSPS) is 11.7. The van der Waals surface area contributed by atoms with Crippen molar-refractivity contribution >= 4 is 58.0 Å². The molecular weight excluding hydrogens is 437 g/mol. The van der Waals surface area contributed by atoms with Crippen molar-refractivity contribution in [2.24, 2.45) is 5.10 Å². The van der Waals surface area contributed by atoms with Crippen molar-refractivity contribution in [1.82, 2.24) is 5.43 Å². The second-order valence-corrected chi connectivity index (χ2v) is 8.55. The number of rotatable bonds is 6. The van der Waals surface area contributed by atoms with Crippen molar-refractivity contribution in [2.45, 2.75) is 24.6 Å². The number of benzene rings is 2. The van der Waals surface area contributed by atoms with Crippen LogP contribution < -0.4 is 15.5 Å². The molecule has 154 valence electrons. The van der Waals surface area contributed by atoms with Crippen LogP contribution >= 0.6 is 34.8 Å². The van der Waals surface area contributed by atoms with Crippen LogP contribution in [0.5, 0.6) is 5.75 Å². The summed E-state index contributed by atoms with van der Waals surface area (Å²) < 4.78 is 3.55. The summed E-state index contributed by atoms with van der Waals surface area (Å²) in [7, 11) is 0. The number of nitrogens with one attached hydrogen (secondary N) is 2. The van der Waals surface area contributed by atoms with E-state index in [2.05, 4.69) is 15.8 Å². The second kappa shape index (κ2) is 9.96. The lowest BCUT2D eigenvalue weighted by molar-refractivity contribution is -0.123. The molecular formula is C20H20Cl3N3O3. The highest BCUT2D eigenvalue weighted by molar-refractivity contribution is 6.76. The number of nitrogens with zero attached hydrogens (tertiary/aromatic N) is 1. The molecule has 0 heterocycles. The molecule has 0 aliphatic rings. The average molecular weight is 457 g/mol. The highest BCUT2D eigenvalue weighted by atomic mass is 35.6. The minimum Gasteiger partial charge on any atom is -0.483 e. The third-order valence-corrected chi connectivity index (χ3v) is 4.44. The molecule has 0 atom stereocenters. The van der Waals surface area contributed by atoms with Gasteiger partial charge in [0.1, 0.15) is 5.75 Å². The lowest BCUT2D eigenvalue weighted by atomic mass is 10.1. The van der Waals surface area contributed by atoms with Gasteiger partial charge in [0.25, 0.3) is 15.6 Å².